The molecule has 1 aromatic rings. The highest BCUT2D eigenvalue weighted by atomic mass is 35.5. The van der Waals surface area contributed by atoms with Crippen molar-refractivity contribution in [3.05, 3.63) is 39.9 Å². The van der Waals surface area contributed by atoms with Crippen molar-refractivity contribution in [2.24, 2.45) is 0 Å². The number of ketones is 2. The van der Waals surface area contributed by atoms with E-state index in [2.05, 4.69) is 0 Å². The minimum atomic E-state index is -0.700. The number of hydrogen-bond acceptors (Lipinski definition) is 6. The Morgan fingerprint density at radius 1 is 1.23 bits per heavy atom. The van der Waals surface area contributed by atoms with Gasteiger partial charge in [0.2, 0.25) is 5.78 Å². The normalized spacial score (nSPS) is 13.3. The molecule has 6 nitrogen and oxygen atoms in total. The van der Waals surface area contributed by atoms with Gasteiger partial charge >= 0.3 is 11.9 Å². The van der Waals surface area contributed by atoms with Gasteiger partial charge in [0.1, 0.15) is 5.75 Å². The molecule has 0 heterocycles. The van der Waals surface area contributed by atoms with Gasteiger partial charge in [0, 0.05) is 18.6 Å². The lowest BCUT2D eigenvalue weighted by atomic mass is 9.91. The Labute approximate surface area is 130 Å². The van der Waals surface area contributed by atoms with Crippen LogP contribution in [0.5, 0.6) is 5.75 Å². The van der Waals surface area contributed by atoms with Gasteiger partial charge in [-0.25, -0.2) is 4.79 Å². The summed E-state index contributed by atoms with van der Waals surface area (Å²) < 4.78 is 9.79. The molecule has 1 aliphatic carbocycles. The van der Waals surface area contributed by atoms with Crippen LogP contribution < -0.4 is 4.74 Å². The second-order valence-electron chi connectivity index (χ2n) is 4.40. The van der Waals surface area contributed by atoms with Crippen LogP contribution >= 0.6 is 11.6 Å². The fraction of sp³-hybridized carbons (Fsp3) is 0.200. The number of ether oxygens (including phenoxy) is 2. The van der Waals surface area contributed by atoms with Crippen molar-refractivity contribution in [3.63, 3.8) is 0 Å². The van der Waals surface area contributed by atoms with Crippen molar-refractivity contribution in [2.45, 2.75) is 13.8 Å². The van der Waals surface area contributed by atoms with E-state index in [1.807, 2.05) is 0 Å². The predicted octanol–water partition coefficient (Wildman–Crippen LogP) is 2.29. The van der Waals surface area contributed by atoms with Crippen molar-refractivity contribution >= 4 is 35.1 Å². The Kier molecular flexibility index (Phi) is 4.42. The first kappa shape index (κ1) is 15.9. The van der Waals surface area contributed by atoms with Crippen LogP contribution in [-0.4, -0.2) is 30.1 Å². The summed E-state index contributed by atoms with van der Waals surface area (Å²) in [7, 11) is 0. The first-order chi connectivity index (χ1) is 10.3. The van der Waals surface area contributed by atoms with E-state index in [0.717, 1.165) is 13.0 Å². The minimum Gasteiger partial charge on any atom is -0.462 e. The third kappa shape index (κ3) is 2.92. The van der Waals surface area contributed by atoms with Gasteiger partial charge in [-0.1, -0.05) is 11.6 Å². The van der Waals surface area contributed by atoms with Crippen LogP contribution in [0, 0.1) is 0 Å². The lowest BCUT2D eigenvalue weighted by Crippen LogP contribution is -2.19. The molecule has 0 unspecified atom stereocenters. The molecule has 22 heavy (non-hydrogen) atoms. The number of benzene rings is 1. The molecule has 0 amide bonds. The Morgan fingerprint density at radius 2 is 1.91 bits per heavy atom. The van der Waals surface area contributed by atoms with Crippen molar-refractivity contribution in [2.75, 3.05) is 6.61 Å². The van der Waals surface area contributed by atoms with E-state index in [0.29, 0.717) is 0 Å². The Bertz CT molecular complexity index is 732. The minimum absolute atomic E-state index is 0.00409. The van der Waals surface area contributed by atoms with Crippen LogP contribution in [0.4, 0.5) is 0 Å². The highest BCUT2D eigenvalue weighted by molar-refractivity contribution is 6.49. The van der Waals surface area contributed by atoms with E-state index in [1.165, 1.54) is 12.1 Å². The molecule has 0 aliphatic heterocycles. The summed E-state index contributed by atoms with van der Waals surface area (Å²) in [6.45, 7) is 2.90. The largest absolute Gasteiger partial charge is 0.462 e. The number of allylic oxidation sites excluding steroid dienone is 2. The molecule has 2 rings (SSSR count). The summed E-state index contributed by atoms with van der Waals surface area (Å²) in [5, 5.41) is -0.283. The maximum atomic E-state index is 12.1. The van der Waals surface area contributed by atoms with Crippen molar-refractivity contribution < 1.29 is 28.7 Å². The van der Waals surface area contributed by atoms with E-state index in [-0.39, 0.29) is 34.1 Å². The standard InChI is InChI=1S/C15H11ClO6/c1-3-21-15(20)8-4-9-11(18)6-10(16)14(19)13(9)12(5-8)22-7(2)17/h4-6H,3H2,1-2H3. The molecule has 0 atom stereocenters. The van der Waals surface area contributed by atoms with Gasteiger partial charge in [0.15, 0.2) is 5.78 Å². The molecular formula is C15H11ClO6. The van der Waals surface area contributed by atoms with Gasteiger partial charge in [0.25, 0.3) is 0 Å². The first-order valence-corrected chi connectivity index (χ1v) is 6.72. The molecule has 7 heteroatoms. The third-order valence-corrected chi connectivity index (χ3v) is 3.11. The third-order valence-electron chi connectivity index (χ3n) is 2.83. The van der Waals surface area contributed by atoms with Crippen LogP contribution in [0.2, 0.25) is 0 Å². The van der Waals surface area contributed by atoms with E-state index < -0.39 is 23.5 Å². The number of Topliss-reactive ketones (excluding diaryl/α,β-unsaturated/α-hetero) is 1. The van der Waals surface area contributed by atoms with Gasteiger partial charge < -0.3 is 9.47 Å². The van der Waals surface area contributed by atoms with E-state index in [4.69, 9.17) is 21.1 Å². The smallest absolute Gasteiger partial charge is 0.338 e. The average Bonchev–Trinajstić information content (AvgIpc) is 2.44. The molecule has 0 N–H and O–H groups in total. The highest BCUT2D eigenvalue weighted by Crippen LogP contribution is 2.33. The predicted molar refractivity (Wildman–Crippen MR) is 76.3 cm³/mol. The van der Waals surface area contributed by atoms with Crippen molar-refractivity contribution in [1.82, 2.24) is 0 Å². The number of carbonyl (C=O) groups is 4. The van der Waals surface area contributed by atoms with Gasteiger partial charge in [-0.15, -0.1) is 0 Å². The second-order valence-corrected chi connectivity index (χ2v) is 4.80. The van der Waals surface area contributed by atoms with Crippen LogP contribution in [0.15, 0.2) is 23.2 Å². The zero-order chi connectivity index (χ0) is 16.4. The fourth-order valence-corrected chi connectivity index (χ4v) is 2.18. The van der Waals surface area contributed by atoms with Crippen LogP contribution in [0.1, 0.15) is 44.9 Å². The van der Waals surface area contributed by atoms with Crippen LogP contribution in [-0.2, 0) is 9.53 Å². The number of fused-ring (bicyclic) bond motifs is 1. The van der Waals surface area contributed by atoms with Gasteiger partial charge in [0.05, 0.1) is 22.8 Å². The Balaban J connectivity index is 2.66. The van der Waals surface area contributed by atoms with Crippen molar-refractivity contribution in [3.8, 4) is 5.75 Å². The first-order valence-electron chi connectivity index (χ1n) is 6.35. The maximum absolute atomic E-state index is 12.1. The number of carbonyl (C=O) groups excluding carboxylic acids is 4. The molecule has 0 radical (unpaired) electrons. The topological polar surface area (TPSA) is 86.7 Å². The molecule has 0 bridgehead atoms. The lowest BCUT2D eigenvalue weighted by Gasteiger charge is -2.16. The summed E-state index contributed by atoms with van der Waals surface area (Å²) in [5.74, 6) is -2.80. The Hall–Kier alpha value is -2.47. The molecule has 1 aliphatic rings. The lowest BCUT2D eigenvalue weighted by molar-refractivity contribution is -0.131. The molecule has 1 aromatic carbocycles. The number of esters is 2. The molecule has 114 valence electrons. The van der Waals surface area contributed by atoms with E-state index >= 15 is 0 Å². The maximum Gasteiger partial charge on any atom is 0.338 e. The summed E-state index contributed by atoms with van der Waals surface area (Å²) in [5.41, 5.74) is -0.193. The molecule has 0 saturated carbocycles. The number of halogens is 1. The average molecular weight is 323 g/mol. The molecule has 0 saturated heterocycles. The fourth-order valence-electron chi connectivity index (χ4n) is 1.99. The van der Waals surface area contributed by atoms with E-state index in [9.17, 15) is 19.2 Å². The second kappa shape index (κ2) is 6.11. The Morgan fingerprint density at radius 3 is 2.50 bits per heavy atom. The molecule has 0 spiro atoms. The zero-order valence-electron chi connectivity index (χ0n) is 11.8. The number of hydrogen-bond donors (Lipinski definition) is 0. The molecule has 0 aromatic heterocycles. The van der Waals surface area contributed by atoms with Gasteiger partial charge in [-0.3, -0.25) is 14.4 Å². The summed E-state index contributed by atoms with van der Waals surface area (Å²) in [6.07, 6.45) is 0.957. The van der Waals surface area contributed by atoms with E-state index in [1.54, 1.807) is 6.92 Å². The number of rotatable bonds is 3. The molecule has 0 fully saturated rings. The quantitative estimate of drug-likeness (QED) is 0.627. The molecular weight excluding hydrogens is 312 g/mol. The highest BCUT2D eigenvalue weighted by Gasteiger charge is 2.30. The zero-order valence-corrected chi connectivity index (χ0v) is 12.5. The monoisotopic (exact) mass is 322 g/mol. The summed E-state index contributed by atoms with van der Waals surface area (Å²) in [6, 6.07) is 2.40. The van der Waals surface area contributed by atoms with Crippen LogP contribution in [0.25, 0.3) is 0 Å². The van der Waals surface area contributed by atoms with Gasteiger partial charge in [-0.05, 0) is 19.1 Å². The summed E-state index contributed by atoms with van der Waals surface area (Å²) >= 11 is 5.71. The van der Waals surface area contributed by atoms with Crippen molar-refractivity contribution in [1.29, 1.82) is 0 Å². The summed E-state index contributed by atoms with van der Waals surface area (Å²) in [4.78, 5) is 47.1. The van der Waals surface area contributed by atoms with Crippen LogP contribution in [0.3, 0.4) is 0 Å². The van der Waals surface area contributed by atoms with Gasteiger partial charge in [-0.2, -0.15) is 0 Å². The SMILES string of the molecule is CCOC(=O)c1cc(OC(C)=O)c2c(c1)C(=O)C=C(Cl)C2=O.